The number of carbonyl (C=O) groups excluding carboxylic acids is 1. The number of anilines is 1. The molecule has 0 saturated heterocycles. The zero-order valence-corrected chi connectivity index (χ0v) is 12.9. The van der Waals surface area contributed by atoms with Gasteiger partial charge in [0.1, 0.15) is 6.33 Å². The number of rotatable bonds is 3. The minimum absolute atomic E-state index is 0.321. The summed E-state index contributed by atoms with van der Waals surface area (Å²) in [5.41, 5.74) is 1.99. The molecule has 2 heterocycles. The van der Waals surface area contributed by atoms with Gasteiger partial charge < -0.3 is 10.3 Å². The molecule has 0 fully saturated rings. The van der Waals surface area contributed by atoms with Gasteiger partial charge in [-0.15, -0.1) is 5.10 Å². The molecule has 0 aliphatic heterocycles. The Kier molecular flexibility index (Phi) is 3.55. The number of amides is 1. The Morgan fingerprint density at radius 1 is 1.08 bits per heavy atom. The smallest absolute Gasteiger partial charge is 0.256 e. The van der Waals surface area contributed by atoms with E-state index in [-0.39, 0.29) is 11.5 Å². The van der Waals surface area contributed by atoms with E-state index < -0.39 is 0 Å². The highest BCUT2D eigenvalue weighted by Gasteiger charge is 2.12. The Hall–Kier alpha value is -3.81. The molecular formula is C17H12N6O2. The highest BCUT2D eigenvalue weighted by Crippen LogP contribution is 2.17. The molecule has 0 spiro atoms. The van der Waals surface area contributed by atoms with Crippen LogP contribution in [-0.2, 0) is 0 Å². The average Bonchev–Trinajstić information content (AvgIpc) is 3.16. The van der Waals surface area contributed by atoms with Crippen LogP contribution in [0.3, 0.4) is 0 Å². The zero-order valence-electron chi connectivity index (χ0n) is 12.9. The van der Waals surface area contributed by atoms with Gasteiger partial charge in [-0.2, -0.15) is 0 Å². The minimum atomic E-state index is -0.350. The van der Waals surface area contributed by atoms with Crippen LogP contribution >= 0.6 is 0 Å². The van der Waals surface area contributed by atoms with Crippen LogP contribution in [0.5, 0.6) is 0 Å². The van der Waals surface area contributed by atoms with Crippen molar-refractivity contribution in [3.8, 4) is 5.69 Å². The Bertz CT molecular complexity index is 1100. The first kappa shape index (κ1) is 14.8. The van der Waals surface area contributed by atoms with E-state index in [1.54, 1.807) is 42.5 Å². The molecule has 8 heteroatoms. The van der Waals surface area contributed by atoms with Crippen molar-refractivity contribution in [1.29, 1.82) is 0 Å². The topological polar surface area (TPSA) is 106 Å². The summed E-state index contributed by atoms with van der Waals surface area (Å²) >= 11 is 0. The summed E-state index contributed by atoms with van der Waals surface area (Å²) in [7, 11) is 0. The molecular weight excluding hydrogens is 320 g/mol. The minimum Gasteiger partial charge on any atom is -0.322 e. The summed E-state index contributed by atoms with van der Waals surface area (Å²) in [4.78, 5) is 27.1. The molecule has 4 aromatic rings. The van der Waals surface area contributed by atoms with Crippen LogP contribution in [0.2, 0.25) is 0 Å². The number of fused-ring (bicyclic) bond motifs is 1. The molecule has 8 nitrogen and oxygen atoms in total. The Balaban J connectivity index is 1.63. The molecule has 0 aliphatic carbocycles. The predicted octanol–water partition coefficient (Wildman–Crippen LogP) is 1.76. The Labute approximate surface area is 141 Å². The molecule has 2 aromatic carbocycles. The first-order valence-electron chi connectivity index (χ1n) is 7.47. The van der Waals surface area contributed by atoms with Gasteiger partial charge in [0.15, 0.2) is 0 Å². The second-order valence-corrected chi connectivity index (χ2v) is 5.35. The molecule has 0 saturated carbocycles. The number of H-pyrrole nitrogens is 1. The molecule has 0 atom stereocenters. The summed E-state index contributed by atoms with van der Waals surface area (Å²) in [6, 6.07) is 15.5. The van der Waals surface area contributed by atoms with Gasteiger partial charge in [-0.1, -0.05) is 18.2 Å². The first-order chi connectivity index (χ1) is 12.2. The van der Waals surface area contributed by atoms with Crippen molar-refractivity contribution in [2.45, 2.75) is 0 Å². The lowest BCUT2D eigenvalue weighted by Crippen LogP contribution is -2.16. The largest absolute Gasteiger partial charge is 0.322 e. The summed E-state index contributed by atoms with van der Waals surface area (Å²) in [6.07, 6.45) is 1.48. The SMILES string of the molecule is O=C(Nc1ccc(-n2cnnn2)cc1)c1cc(=O)[nH]c2ccccc12. The fourth-order valence-corrected chi connectivity index (χ4v) is 2.57. The highest BCUT2D eigenvalue weighted by molar-refractivity contribution is 6.12. The van der Waals surface area contributed by atoms with E-state index in [0.29, 0.717) is 22.2 Å². The Morgan fingerprint density at radius 2 is 1.88 bits per heavy atom. The molecule has 2 aromatic heterocycles. The summed E-state index contributed by atoms with van der Waals surface area (Å²) in [5, 5.41) is 14.4. The van der Waals surface area contributed by atoms with E-state index >= 15 is 0 Å². The van der Waals surface area contributed by atoms with E-state index in [9.17, 15) is 9.59 Å². The molecule has 122 valence electrons. The van der Waals surface area contributed by atoms with Gasteiger partial charge in [0, 0.05) is 22.7 Å². The van der Waals surface area contributed by atoms with Crippen LogP contribution in [0.25, 0.3) is 16.6 Å². The number of hydrogen-bond acceptors (Lipinski definition) is 5. The average molecular weight is 332 g/mol. The number of benzene rings is 2. The lowest BCUT2D eigenvalue weighted by Gasteiger charge is -2.08. The maximum atomic E-state index is 12.6. The lowest BCUT2D eigenvalue weighted by molar-refractivity contribution is 0.102. The quantitative estimate of drug-likeness (QED) is 0.594. The van der Waals surface area contributed by atoms with E-state index in [0.717, 1.165) is 5.69 Å². The van der Waals surface area contributed by atoms with E-state index in [2.05, 4.69) is 25.8 Å². The van der Waals surface area contributed by atoms with Crippen molar-refractivity contribution in [2.75, 3.05) is 5.32 Å². The molecule has 0 radical (unpaired) electrons. The number of tetrazole rings is 1. The third-order valence-corrected chi connectivity index (χ3v) is 3.73. The van der Waals surface area contributed by atoms with Crippen molar-refractivity contribution < 1.29 is 4.79 Å². The third kappa shape index (κ3) is 2.88. The van der Waals surface area contributed by atoms with Gasteiger partial charge in [0.25, 0.3) is 5.91 Å². The zero-order chi connectivity index (χ0) is 17.2. The van der Waals surface area contributed by atoms with Gasteiger partial charge in [0.05, 0.1) is 11.3 Å². The summed E-state index contributed by atoms with van der Waals surface area (Å²) in [6.45, 7) is 0. The van der Waals surface area contributed by atoms with Crippen LogP contribution in [0.15, 0.2) is 65.7 Å². The number of nitrogens with zero attached hydrogens (tertiary/aromatic N) is 4. The number of aromatic nitrogens is 5. The van der Waals surface area contributed by atoms with Crippen molar-refractivity contribution in [1.82, 2.24) is 25.2 Å². The normalized spacial score (nSPS) is 10.7. The van der Waals surface area contributed by atoms with Crippen molar-refractivity contribution >= 4 is 22.5 Å². The Morgan fingerprint density at radius 3 is 2.64 bits per heavy atom. The monoisotopic (exact) mass is 332 g/mol. The van der Waals surface area contributed by atoms with E-state index in [4.69, 9.17) is 0 Å². The number of carbonyl (C=O) groups is 1. The lowest BCUT2D eigenvalue weighted by atomic mass is 10.1. The van der Waals surface area contributed by atoms with Crippen LogP contribution in [0, 0.1) is 0 Å². The van der Waals surface area contributed by atoms with Crippen LogP contribution in [-0.4, -0.2) is 31.1 Å². The maximum Gasteiger partial charge on any atom is 0.256 e. The van der Waals surface area contributed by atoms with E-state index in [1.165, 1.54) is 17.1 Å². The van der Waals surface area contributed by atoms with Crippen LogP contribution in [0.4, 0.5) is 5.69 Å². The number of para-hydroxylation sites is 1. The van der Waals surface area contributed by atoms with Crippen LogP contribution in [0.1, 0.15) is 10.4 Å². The van der Waals surface area contributed by atoms with Crippen LogP contribution < -0.4 is 10.9 Å². The number of hydrogen-bond donors (Lipinski definition) is 2. The number of nitrogens with one attached hydrogen (secondary N) is 2. The molecule has 0 aliphatic rings. The molecule has 0 unspecified atom stereocenters. The van der Waals surface area contributed by atoms with Gasteiger partial charge >= 0.3 is 0 Å². The maximum absolute atomic E-state index is 12.6. The van der Waals surface area contributed by atoms with Gasteiger partial charge in [-0.05, 0) is 40.8 Å². The fraction of sp³-hybridized carbons (Fsp3) is 0. The van der Waals surface area contributed by atoms with Gasteiger partial charge in [-0.3, -0.25) is 9.59 Å². The third-order valence-electron chi connectivity index (χ3n) is 3.73. The molecule has 0 bridgehead atoms. The first-order valence-corrected chi connectivity index (χ1v) is 7.47. The molecule has 4 rings (SSSR count). The fourth-order valence-electron chi connectivity index (χ4n) is 2.57. The van der Waals surface area contributed by atoms with Crippen molar-refractivity contribution in [2.24, 2.45) is 0 Å². The molecule has 1 amide bonds. The highest BCUT2D eigenvalue weighted by atomic mass is 16.2. The molecule has 2 N–H and O–H groups in total. The van der Waals surface area contributed by atoms with Gasteiger partial charge in [-0.25, -0.2) is 4.68 Å². The number of pyridine rings is 1. The van der Waals surface area contributed by atoms with Crippen molar-refractivity contribution in [3.05, 3.63) is 76.8 Å². The van der Waals surface area contributed by atoms with Gasteiger partial charge in [0.2, 0.25) is 5.56 Å². The second-order valence-electron chi connectivity index (χ2n) is 5.35. The predicted molar refractivity (Wildman–Crippen MR) is 91.7 cm³/mol. The van der Waals surface area contributed by atoms with Crippen molar-refractivity contribution in [3.63, 3.8) is 0 Å². The standard InChI is InChI=1S/C17H12N6O2/c24-16-9-14(13-3-1-2-4-15(13)20-16)17(25)19-11-5-7-12(8-6-11)23-10-18-21-22-23/h1-10H,(H,19,25)(H,20,24). The summed E-state index contributed by atoms with van der Waals surface area (Å²) < 4.78 is 1.51. The van der Waals surface area contributed by atoms with E-state index in [1.807, 2.05) is 6.07 Å². The molecule has 25 heavy (non-hydrogen) atoms. The second kappa shape index (κ2) is 6.00. The number of aromatic amines is 1. The summed E-state index contributed by atoms with van der Waals surface area (Å²) in [5.74, 6) is -0.350.